The first-order valence-electron chi connectivity index (χ1n) is 8.86. The van der Waals surface area contributed by atoms with E-state index in [1.807, 2.05) is 18.3 Å². The Hall–Kier alpha value is -2.37. The summed E-state index contributed by atoms with van der Waals surface area (Å²) >= 11 is 6.51. The topological polar surface area (TPSA) is 56.8 Å². The van der Waals surface area contributed by atoms with Crippen molar-refractivity contribution < 1.29 is 14.1 Å². The third-order valence-electron chi connectivity index (χ3n) is 5.29. The van der Waals surface area contributed by atoms with Gasteiger partial charge in [0.15, 0.2) is 11.3 Å². The van der Waals surface area contributed by atoms with Crippen LogP contribution >= 0.6 is 11.6 Å². The molecular weight excluding hydrogens is 352 g/mol. The molecule has 1 aliphatic heterocycles. The molecule has 1 aromatic carbocycles. The van der Waals surface area contributed by atoms with Crippen molar-refractivity contribution in [2.24, 2.45) is 0 Å². The van der Waals surface area contributed by atoms with E-state index in [-0.39, 0.29) is 5.63 Å². The van der Waals surface area contributed by atoms with E-state index < -0.39 is 0 Å². The summed E-state index contributed by atoms with van der Waals surface area (Å²) in [5.41, 5.74) is 4.37. The van der Waals surface area contributed by atoms with Crippen LogP contribution in [-0.2, 0) is 25.9 Å². The number of nitrogens with one attached hydrogen (secondary N) is 1. The molecule has 6 heteroatoms. The summed E-state index contributed by atoms with van der Waals surface area (Å²) in [6.45, 7) is 2.00. The number of aryl methyl sites for hydroxylation is 1. The Bertz CT molecular complexity index is 1060. The second-order valence-electron chi connectivity index (χ2n) is 7.00. The van der Waals surface area contributed by atoms with Crippen LogP contribution in [0.5, 0.6) is 5.75 Å². The van der Waals surface area contributed by atoms with E-state index in [0.29, 0.717) is 29.6 Å². The standard InChI is InChI=1S/C20H17ClN2O3/c21-17-7-15-13-4-1-5-14(13)20(24)26-18(15)16-10-23(11-25-19(16)17)9-12-3-2-6-22-8-12/h2-3,6-8H,1,4-5,9-11H2/p+1. The molecule has 0 fully saturated rings. The van der Waals surface area contributed by atoms with E-state index in [1.165, 1.54) is 4.90 Å². The van der Waals surface area contributed by atoms with Gasteiger partial charge in [0.25, 0.3) is 0 Å². The van der Waals surface area contributed by atoms with Crippen molar-refractivity contribution in [1.82, 2.24) is 4.98 Å². The maximum atomic E-state index is 12.4. The maximum Gasteiger partial charge on any atom is 0.339 e. The molecular formula is C20H18ClN2O3+. The predicted molar refractivity (Wildman–Crippen MR) is 97.6 cm³/mol. The summed E-state index contributed by atoms with van der Waals surface area (Å²) in [6, 6.07) is 5.88. The molecule has 0 spiro atoms. The van der Waals surface area contributed by atoms with E-state index in [1.54, 1.807) is 6.20 Å². The third-order valence-corrected chi connectivity index (χ3v) is 5.57. The van der Waals surface area contributed by atoms with Gasteiger partial charge in [-0.3, -0.25) is 9.88 Å². The second kappa shape index (κ2) is 6.11. The highest BCUT2D eigenvalue weighted by molar-refractivity contribution is 6.33. The van der Waals surface area contributed by atoms with Crippen LogP contribution in [0.2, 0.25) is 5.02 Å². The molecule has 0 radical (unpaired) electrons. The number of quaternary nitrogens is 1. The zero-order chi connectivity index (χ0) is 17.7. The van der Waals surface area contributed by atoms with E-state index in [2.05, 4.69) is 11.1 Å². The molecule has 2 aliphatic rings. The van der Waals surface area contributed by atoms with Gasteiger partial charge in [-0.1, -0.05) is 17.7 Å². The summed E-state index contributed by atoms with van der Waals surface area (Å²) in [4.78, 5) is 17.8. The number of nitrogens with zero attached hydrogens (tertiary/aromatic N) is 1. The Balaban J connectivity index is 1.61. The molecule has 0 saturated carbocycles. The van der Waals surface area contributed by atoms with Crippen LogP contribution in [0, 0.1) is 0 Å². The van der Waals surface area contributed by atoms with Gasteiger partial charge in [0.2, 0.25) is 6.73 Å². The highest BCUT2D eigenvalue weighted by atomic mass is 35.5. The van der Waals surface area contributed by atoms with Gasteiger partial charge in [0.1, 0.15) is 13.1 Å². The quantitative estimate of drug-likeness (QED) is 0.704. The molecule has 132 valence electrons. The smallest absolute Gasteiger partial charge is 0.339 e. The van der Waals surface area contributed by atoms with Crippen molar-refractivity contribution in [2.45, 2.75) is 32.4 Å². The lowest BCUT2D eigenvalue weighted by atomic mass is 10.0. The average Bonchev–Trinajstić information content (AvgIpc) is 3.15. The van der Waals surface area contributed by atoms with Crippen molar-refractivity contribution in [3.8, 4) is 5.75 Å². The fourth-order valence-corrected chi connectivity index (χ4v) is 4.40. The van der Waals surface area contributed by atoms with Crippen molar-refractivity contribution in [3.63, 3.8) is 0 Å². The van der Waals surface area contributed by atoms with Gasteiger partial charge in [0, 0.05) is 28.9 Å². The van der Waals surface area contributed by atoms with Gasteiger partial charge < -0.3 is 9.15 Å². The van der Waals surface area contributed by atoms with Gasteiger partial charge in [-0.05, 0) is 37.0 Å². The minimum absolute atomic E-state index is 0.214. The molecule has 5 rings (SSSR count). The van der Waals surface area contributed by atoms with Crippen LogP contribution in [-0.4, -0.2) is 11.7 Å². The lowest BCUT2D eigenvalue weighted by molar-refractivity contribution is -0.945. The fourth-order valence-electron chi connectivity index (χ4n) is 4.13. The summed E-state index contributed by atoms with van der Waals surface area (Å²) in [5.74, 6) is 0.648. The predicted octanol–water partition coefficient (Wildman–Crippen LogP) is 2.27. The molecule has 0 bridgehead atoms. The number of pyridine rings is 1. The maximum absolute atomic E-state index is 12.4. The summed E-state index contributed by atoms with van der Waals surface area (Å²) < 4.78 is 11.7. The lowest BCUT2D eigenvalue weighted by Gasteiger charge is -2.27. The summed E-state index contributed by atoms with van der Waals surface area (Å²) in [7, 11) is 0. The molecule has 3 aromatic rings. The highest BCUT2D eigenvalue weighted by Crippen LogP contribution is 2.39. The molecule has 26 heavy (non-hydrogen) atoms. The van der Waals surface area contributed by atoms with E-state index >= 15 is 0 Å². The second-order valence-corrected chi connectivity index (χ2v) is 7.40. The van der Waals surface area contributed by atoms with Crippen LogP contribution in [0.15, 0.2) is 39.8 Å². The van der Waals surface area contributed by atoms with Crippen molar-refractivity contribution in [3.05, 3.63) is 68.3 Å². The zero-order valence-electron chi connectivity index (χ0n) is 14.2. The number of benzene rings is 1. The van der Waals surface area contributed by atoms with Crippen molar-refractivity contribution in [2.75, 3.05) is 6.73 Å². The van der Waals surface area contributed by atoms with E-state index in [9.17, 15) is 4.79 Å². The van der Waals surface area contributed by atoms with E-state index in [0.717, 1.165) is 53.4 Å². The summed E-state index contributed by atoms with van der Waals surface area (Å²) in [6.07, 6.45) is 6.31. The minimum atomic E-state index is -0.214. The lowest BCUT2D eigenvalue weighted by Crippen LogP contribution is -3.10. The van der Waals surface area contributed by atoms with Crippen LogP contribution < -0.4 is 15.3 Å². The largest absolute Gasteiger partial charge is 0.443 e. The molecule has 1 unspecified atom stereocenters. The van der Waals surface area contributed by atoms with Gasteiger partial charge in [-0.15, -0.1) is 0 Å². The molecule has 0 saturated heterocycles. The van der Waals surface area contributed by atoms with Crippen molar-refractivity contribution in [1.29, 1.82) is 0 Å². The van der Waals surface area contributed by atoms with Gasteiger partial charge >= 0.3 is 5.63 Å². The first-order valence-corrected chi connectivity index (χ1v) is 9.23. The average molecular weight is 370 g/mol. The number of hydrogen-bond donors (Lipinski definition) is 1. The van der Waals surface area contributed by atoms with Crippen LogP contribution in [0.4, 0.5) is 0 Å². The van der Waals surface area contributed by atoms with Gasteiger partial charge in [0.05, 0.1) is 10.6 Å². The minimum Gasteiger partial charge on any atom is -0.443 e. The Labute approximate surface area is 155 Å². The zero-order valence-corrected chi connectivity index (χ0v) is 14.9. The van der Waals surface area contributed by atoms with Crippen LogP contribution in [0.1, 0.15) is 28.7 Å². The number of rotatable bonds is 2. The third kappa shape index (κ3) is 2.50. The monoisotopic (exact) mass is 369 g/mol. The molecule has 3 heterocycles. The normalized spacial score (nSPS) is 18.4. The number of ether oxygens (including phenoxy) is 1. The number of aromatic nitrogens is 1. The SMILES string of the molecule is O=c1oc2c3c(c(Cl)cc2c2c1CCC2)OC[NH+](Cc1cccnc1)C3. The van der Waals surface area contributed by atoms with Crippen molar-refractivity contribution >= 4 is 22.6 Å². The van der Waals surface area contributed by atoms with E-state index in [4.69, 9.17) is 20.8 Å². The van der Waals surface area contributed by atoms with Crippen LogP contribution in [0.25, 0.3) is 11.0 Å². The van der Waals surface area contributed by atoms with Gasteiger partial charge in [-0.2, -0.15) is 0 Å². The fraction of sp³-hybridized carbons (Fsp3) is 0.300. The molecule has 1 aliphatic carbocycles. The van der Waals surface area contributed by atoms with Gasteiger partial charge in [-0.25, -0.2) is 4.79 Å². The number of halogens is 1. The molecule has 1 atom stereocenters. The Kier molecular flexibility index (Phi) is 3.72. The summed E-state index contributed by atoms with van der Waals surface area (Å²) in [5, 5.41) is 1.56. The van der Waals surface area contributed by atoms with Crippen LogP contribution in [0.3, 0.4) is 0 Å². The number of hydrogen-bond acceptors (Lipinski definition) is 4. The Morgan fingerprint density at radius 2 is 2.12 bits per heavy atom. The molecule has 1 N–H and O–H groups in total. The Morgan fingerprint density at radius 3 is 2.96 bits per heavy atom. The number of fused-ring (bicyclic) bond motifs is 5. The molecule has 2 aromatic heterocycles. The molecule has 0 amide bonds. The highest BCUT2D eigenvalue weighted by Gasteiger charge is 2.29. The Morgan fingerprint density at radius 1 is 1.23 bits per heavy atom. The molecule has 5 nitrogen and oxygen atoms in total. The first kappa shape index (κ1) is 15.9. The first-order chi connectivity index (χ1) is 12.7.